The Hall–Kier alpha value is -1.98. The molecule has 1 rings (SSSR count). The minimum absolute atomic E-state index is 0.477. The van der Waals surface area contributed by atoms with E-state index >= 15 is 0 Å². The van der Waals surface area contributed by atoms with E-state index in [1.807, 2.05) is 0 Å². The van der Waals surface area contributed by atoms with Crippen molar-refractivity contribution in [1.29, 1.82) is 0 Å². The lowest BCUT2D eigenvalue weighted by molar-refractivity contribution is -0.151. The number of nitrogens with one attached hydrogen (secondary N) is 1. The second-order valence-corrected chi connectivity index (χ2v) is 3.47. The molecule has 0 aliphatic rings. The van der Waals surface area contributed by atoms with Gasteiger partial charge >= 0.3 is 11.9 Å². The van der Waals surface area contributed by atoms with E-state index in [1.165, 1.54) is 18.2 Å². The number of carboxylic acid groups (broad SMARTS) is 1. The van der Waals surface area contributed by atoms with Gasteiger partial charge in [-0.2, -0.15) is 8.78 Å². The Bertz CT molecular complexity index is 420. The van der Waals surface area contributed by atoms with Crippen molar-refractivity contribution < 1.29 is 23.5 Å². The standard InChI is InChI=1S/C11H11F2NO3/c1-7(9(15)16)14-10(17)11(12,13)8-5-3-2-4-6-8/h2-7H,1H3,(H,14,17)(H,15,16)/t7-/m1/s1. The van der Waals surface area contributed by atoms with E-state index in [0.29, 0.717) is 0 Å². The summed E-state index contributed by atoms with van der Waals surface area (Å²) in [5, 5.41) is 10.2. The molecule has 2 N–H and O–H groups in total. The summed E-state index contributed by atoms with van der Waals surface area (Å²) in [6.07, 6.45) is 0. The molecule has 0 aromatic heterocycles. The summed E-state index contributed by atoms with van der Waals surface area (Å²) in [6.45, 7) is 1.11. The second-order valence-electron chi connectivity index (χ2n) is 3.47. The van der Waals surface area contributed by atoms with E-state index in [2.05, 4.69) is 0 Å². The van der Waals surface area contributed by atoms with Crippen molar-refractivity contribution in [2.75, 3.05) is 0 Å². The molecule has 0 radical (unpaired) electrons. The first kappa shape index (κ1) is 13.1. The van der Waals surface area contributed by atoms with Crippen LogP contribution in [-0.2, 0) is 15.5 Å². The lowest BCUT2D eigenvalue weighted by Gasteiger charge is -2.18. The van der Waals surface area contributed by atoms with Crippen molar-refractivity contribution in [3.8, 4) is 0 Å². The third kappa shape index (κ3) is 2.99. The number of halogens is 2. The Kier molecular flexibility index (Phi) is 3.77. The fourth-order valence-corrected chi connectivity index (χ4v) is 1.13. The van der Waals surface area contributed by atoms with E-state index in [0.717, 1.165) is 19.1 Å². The first-order chi connectivity index (χ1) is 7.85. The van der Waals surface area contributed by atoms with Crippen LogP contribution in [0, 0.1) is 0 Å². The Morgan fingerprint density at radius 2 is 1.82 bits per heavy atom. The summed E-state index contributed by atoms with van der Waals surface area (Å²) >= 11 is 0. The molecule has 1 amide bonds. The van der Waals surface area contributed by atoms with E-state index in [1.54, 1.807) is 5.32 Å². The summed E-state index contributed by atoms with van der Waals surface area (Å²) in [7, 11) is 0. The number of rotatable bonds is 4. The minimum atomic E-state index is -3.75. The first-order valence-electron chi connectivity index (χ1n) is 4.83. The van der Waals surface area contributed by atoms with Crippen molar-refractivity contribution >= 4 is 11.9 Å². The molecule has 0 saturated heterocycles. The van der Waals surface area contributed by atoms with Gasteiger partial charge in [0.25, 0.3) is 5.91 Å². The smallest absolute Gasteiger partial charge is 0.349 e. The average molecular weight is 243 g/mol. The van der Waals surface area contributed by atoms with Gasteiger partial charge in [-0.15, -0.1) is 0 Å². The molecule has 0 spiro atoms. The Balaban J connectivity index is 2.84. The highest BCUT2D eigenvalue weighted by atomic mass is 19.3. The first-order valence-corrected chi connectivity index (χ1v) is 4.83. The Morgan fingerprint density at radius 1 is 1.29 bits per heavy atom. The second kappa shape index (κ2) is 4.90. The Morgan fingerprint density at radius 3 is 2.29 bits per heavy atom. The quantitative estimate of drug-likeness (QED) is 0.839. The van der Waals surface area contributed by atoms with Gasteiger partial charge in [0.05, 0.1) is 0 Å². The molecule has 1 aromatic rings. The molecule has 6 heteroatoms. The van der Waals surface area contributed by atoms with E-state index < -0.39 is 29.4 Å². The number of aliphatic carboxylic acids is 1. The van der Waals surface area contributed by atoms with E-state index in [9.17, 15) is 18.4 Å². The zero-order valence-corrected chi connectivity index (χ0v) is 8.98. The van der Waals surface area contributed by atoms with Crippen molar-refractivity contribution in [2.24, 2.45) is 0 Å². The number of carbonyl (C=O) groups is 2. The summed E-state index contributed by atoms with van der Waals surface area (Å²) in [5.41, 5.74) is -0.477. The summed E-state index contributed by atoms with van der Waals surface area (Å²) < 4.78 is 27.1. The number of alkyl halides is 2. The van der Waals surface area contributed by atoms with Crippen molar-refractivity contribution in [2.45, 2.75) is 18.9 Å². The molecule has 4 nitrogen and oxygen atoms in total. The third-order valence-electron chi connectivity index (χ3n) is 2.14. The van der Waals surface area contributed by atoms with Crippen LogP contribution in [-0.4, -0.2) is 23.0 Å². The molecule has 0 saturated carbocycles. The van der Waals surface area contributed by atoms with Gasteiger partial charge in [0.2, 0.25) is 0 Å². The highest BCUT2D eigenvalue weighted by molar-refractivity contribution is 5.88. The molecule has 0 heterocycles. The Labute approximate surface area is 96.3 Å². The van der Waals surface area contributed by atoms with Crippen LogP contribution >= 0.6 is 0 Å². The number of amides is 1. The predicted molar refractivity (Wildman–Crippen MR) is 55.6 cm³/mol. The maximum absolute atomic E-state index is 13.6. The van der Waals surface area contributed by atoms with Gasteiger partial charge in [-0.1, -0.05) is 30.3 Å². The monoisotopic (exact) mass is 243 g/mol. The molecule has 0 unspecified atom stereocenters. The van der Waals surface area contributed by atoms with Crippen LogP contribution in [0.3, 0.4) is 0 Å². The zero-order valence-electron chi connectivity index (χ0n) is 8.98. The zero-order chi connectivity index (χ0) is 13.1. The molecule has 1 atom stereocenters. The van der Waals surface area contributed by atoms with Crippen molar-refractivity contribution in [3.05, 3.63) is 35.9 Å². The number of hydrogen-bond acceptors (Lipinski definition) is 2. The molecule has 17 heavy (non-hydrogen) atoms. The lowest BCUT2D eigenvalue weighted by Crippen LogP contribution is -2.45. The predicted octanol–water partition coefficient (Wildman–Crippen LogP) is 1.37. The van der Waals surface area contributed by atoms with Crippen LogP contribution in [0.15, 0.2) is 30.3 Å². The largest absolute Gasteiger partial charge is 0.480 e. The summed E-state index contributed by atoms with van der Waals surface area (Å²) in [5.74, 6) is -6.74. The normalized spacial score (nSPS) is 12.9. The third-order valence-corrected chi connectivity index (χ3v) is 2.14. The van der Waals surface area contributed by atoms with Gasteiger partial charge in [-0.25, -0.2) is 0 Å². The summed E-state index contributed by atoms with van der Waals surface area (Å²) in [6, 6.07) is 5.12. The average Bonchev–Trinajstić information content (AvgIpc) is 2.29. The summed E-state index contributed by atoms with van der Waals surface area (Å²) in [4.78, 5) is 21.7. The number of hydrogen-bond donors (Lipinski definition) is 2. The highest BCUT2D eigenvalue weighted by Crippen LogP contribution is 2.27. The van der Waals surface area contributed by atoms with Crippen molar-refractivity contribution in [3.63, 3.8) is 0 Å². The SMILES string of the molecule is C[C@@H](NC(=O)C(F)(F)c1ccccc1)C(=O)O. The van der Waals surface area contributed by atoms with Crippen LogP contribution in [0.1, 0.15) is 12.5 Å². The van der Waals surface area contributed by atoms with Gasteiger partial charge in [0.1, 0.15) is 6.04 Å². The molecule has 92 valence electrons. The van der Waals surface area contributed by atoms with Crippen LogP contribution < -0.4 is 5.32 Å². The molecule has 0 aliphatic heterocycles. The molecule has 0 fully saturated rings. The number of benzene rings is 1. The van der Waals surface area contributed by atoms with Gasteiger partial charge in [-0.05, 0) is 6.92 Å². The van der Waals surface area contributed by atoms with Gasteiger partial charge in [-0.3, -0.25) is 9.59 Å². The molecular weight excluding hydrogens is 232 g/mol. The van der Waals surface area contributed by atoms with Crippen LogP contribution in [0.4, 0.5) is 8.78 Å². The van der Waals surface area contributed by atoms with E-state index in [4.69, 9.17) is 5.11 Å². The van der Waals surface area contributed by atoms with Gasteiger partial charge in [0, 0.05) is 5.56 Å². The van der Waals surface area contributed by atoms with Gasteiger partial charge in [0.15, 0.2) is 0 Å². The molecular formula is C11H11F2NO3. The molecule has 0 bridgehead atoms. The fraction of sp³-hybridized carbons (Fsp3) is 0.273. The minimum Gasteiger partial charge on any atom is -0.480 e. The maximum atomic E-state index is 13.6. The molecule has 0 aliphatic carbocycles. The van der Waals surface area contributed by atoms with Crippen LogP contribution in [0.25, 0.3) is 0 Å². The van der Waals surface area contributed by atoms with E-state index in [-0.39, 0.29) is 0 Å². The van der Waals surface area contributed by atoms with Gasteiger partial charge < -0.3 is 10.4 Å². The topological polar surface area (TPSA) is 66.4 Å². The van der Waals surface area contributed by atoms with Crippen molar-refractivity contribution in [1.82, 2.24) is 5.32 Å². The van der Waals surface area contributed by atoms with Crippen LogP contribution in [0.5, 0.6) is 0 Å². The lowest BCUT2D eigenvalue weighted by atomic mass is 10.1. The number of carboxylic acids is 1. The van der Waals surface area contributed by atoms with Crippen LogP contribution in [0.2, 0.25) is 0 Å². The maximum Gasteiger partial charge on any atom is 0.349 e. The number of carbonyl (C=O) groups excluding carboxylic acids is 1. The molecule has 1 aromatic carbocycles. The highest BCUT2D eigenvalue weighted by Gasteiger charge is 2.41. The fourth-order valence-electron chi connectivity index (χ4n) is 1.13.